The fourth-order valence-electron chi connectivity index (χ4n) is 2.88. The van der Waals surface area contributed by atoms with Gasteiger partial charge in [0.25, 0.3) is 0 Å². The van der Waals surface area contributed by atoms with Crippen LogP contribution in [0.15, 0.2) is 0 Å². The van der Waals surface area contributed by atoms with Gasteiger partial charge in [-0.15, -0.1) is 0 Å². The highest BCUT2D eigenvalue weighted by Gasteiger charge is 2.29. The molecule has 0 saturated carbocycles. The molecule has 0 unspecified atom stereocenters. The molecule has 2 aliphatic rings. The van der Waals surface area contributed by atoms with Gasteiger partial charge in [0, 0.05) is 38.3 Å². The zero-order valence-electron chi connectivity index (χ0n) is 11.0. The maximum atomic E-state index is 3.49. The van der Waals surface area contributed by atoms with Gasteiger partial charge < -0.3 is 10.2 Å². The lowest BCUT2D eigenvalue weighted by molar-refractivity contribution is 0.0735. The average Bonchev–Trinajstić information content (AvgIpc) is 2.28. The van der Waals surface area contributed by atoms with Crippen molar-refractivity contribution in [3.05, 3.63) is 0 Å². The van der Waals surface area contributed by atoms with Crippen molar-refractivity contribution in [3.8, 4) is 0 Å². The number of piperazine rings is 1. The second kappa shape index (κ2) is 5.48. The first-order valence-corrected chi connectivity index (χ1v) is 6.87. The van der Waals surface area contributed by atoms with Crippen LogP contribution >= 0.6 is 0 Å². The van der Waals surface area contributed by atoms with E-state index in [1.165, 1.54) is 52.0 Å². The van der Waals surface area contributed by atoms with Crippen molar-refractivity contribution in [1.29, 1.82) is 0 Å². The van der Waals surface area contributed by atoms with E-state index in [0.29, 0.717) is 5.54 Å². The fourth-order valence-corrected chi connectivity index (χ4v) is 2.88. The summed E-state index contributed by atoms with van der Waals surface area (Å²) in [4.78, 5) is 5.29. The molecule has 0 amide bonds. The molecule has 2 heterocycles. The van der Waals surface area contributed by atoms with Crippen molar-refractivity contribution in [2.45, 2.75) is 38.6 Å². The summed E-state index contributed by atoms with van der Waals surface area (Å²) in [5.41, 5.74) is 0.341. The Morgan fingerprint density at radius 3 is 2.44 bits per heavy atom. The number of piperidine rings is 1. The average molecular weight is 225 g/mol. The van der Waals surface area contributed by atoms with Crippen LogP contribution < -0.4 is 5.32 Å². The fraction of sp³-hybridized carbons (Fsp3) is 1.00. The molecule has 2 rings (SSSR count). The van der Waals surface area contributed by atoms with Gasteiger partial charge in [-0.2, -0.15) is 0 Å². The summed E-state index contributed by atoms with van der Waals surface area (Å²) in [6.45, 7) is 13.4. The van der Waals surface area contributed by atoms with E-state index in [9.17, 15) is 0 Å². The third-order valence-electron chi connectivity index (χ3n) is 4.11. The topological polar surface area (TPSA) is 18.5 Å². The van der Waals surface area contributed by atoms with Crippen molar-refractivity contribution in [1.82, 2.24) is 15.1 Å². The molecule has 0 aromatic carbocycles. The van der Waals surface area contributed by atoms with Gasteiger partial charge in [0.05, 0.1) is 0 Å². The van der Waals surface area contributed by atoms with Crippen LogP contribution in [0.1, 0.15) is 33.1 Å². The Labute approximate surface area is 100 Å². The summed E-state index contributed by atoms with van der Waals surface area (Å²) >= 11 is 0. The molecule has 2 saturated heterocycles. The first kappa shape index (κ1) is 12.3. The van der Waals surface area contributed by atoms with Crippen molar-refractivity contribution >= 4 is 0 Å². The van der Waals surface area contributed by atoms with E-state index >= 15 is 0 Å². The number of nitrogens with one attached hydrogen (secondary N) is 1. The number of nitrogens with zero attached hydrogens (tertiary/aromatic N) is 2. The molecular weight excluding hydrogens is 198 g/mol. The Morgan fingerprint density at radius 2 is 1.75 bits per heavy atom. The summed E-state index contributed by atoms with van der Waals surface area (Å²) < 4.78 is 0. The van der Waals surface area contributed by atoms with Crippen LogP contribution in [0.3, 0.4) is 0 Å². The quantitative estimate of drug-likeness (QED) is 0.777. The van der Waals surface area contributed by atoms with Gasteiger partial charge in [0.2, 0.25) is 0 Å². The summed E-state index contributed by atoms with van der Waals surface area (Å²) in [7, 11) is 0. The Kier molecular flexibility index (Phi) is 4.22. The largest absolute Gasteiger partial charge is 0.314 e. The maximum absolute atomic E-state index is 3.49. The van der Waals surface area contributed by atoms with Crippen molar-refractivity contribution in [2.24, 2.45) is 0 Å². The molecule has 3 heteroatoms. The minimum Gasteiger partial charge on any atom is -0.314 e. The Morgan fingerprint density at radius 1 is 1.00 bits per heavy atom. The molecule has 0 atom stereocenters. The zero-order valence-corrected chi connectivity index (χ0v) is 11.0. The second-order valence-corrected chi connectivity index (χ2v) is 5.88. The molecule has 1 N–H and O–H groups in total. The first-order chi connectivity index (χ1) is 7.68. The number of likely N-dealkylation sites (tertiary alicyclic amines) is 1. The smallest absolute Gasteiger partial charge is 0.0278 e. The highest BCUT2D eigenvalue weighted by atomic mass is 15.3. The van der Waals surface area contributed by atoms with Crippen LogP contribution in [0.5, 0.6) is 0 Å². The summed E-state index contributed by atoms with van der Waals surface area (Å²) in [6, 6.07) is 0. The normalized spacial score (nSPS) is 28.1. The molecular formula is C13H27N3. The van der Waals surface area contributed by atoms with E-state index in [0.717, 1.165) is 13.1 Å². The summed E-state index contributed by atoms with van der Waals surface area (Å²) in [5.74, 6) is 0. The molecule has 3 nitrogen and oxygen atoms in total. The molecule has 16 heavy (non-hydrogen) atoms. The third kappa shape index (κ3) is 3.19. The van der Waals surface area contributed by atoms with Crippen molar-refractivity contribution in [2.75, 3.05) is 45.8 Å². The van der Waals surface area contributed by atoms with Gasteiger partial charge >= 0.3 is 0 Å². The molecule has 2 aliphatic heterocycles. The zero-order chi connectivity index (χ0) is 11.4. The Balaban J connectivity index is 1.75. The Bertz CT molecular complexity index is 209. The van der Waals surface area contributed by atoms with Gasteiger partial charge in [0.15, 0.2) is 0 Å². The molecule has 0 aromatic heterocycles. The molecule has 0 aliphatic carbocycles. The lowest BCUT2D eigenvalue weighted by Gasteiger charge is -2.43. The van der Waals surface area contributed by atoms with E-state index in [1.807, 2.05) is 0 Å². The molecule has 0 bridgehead atoms. The summed E-state index contributed by atoms with van der Waals surface area (Å²) in [5, 5.41) is 3.49. The van der Waals surface area contributed by atoms with E-state index in [2.05, 4.69) is 29.0 Å². The van der Waals surface area contributed by atoms with E-state index in [-0.39, 0.29) is 0 Å². The molecule has 0 aromatic rings. The van der Waals surface area contributed by atoms with Gasteiger partial charge in [0.1, 0.15) is 0 Å². The van der Waals surface area contributed by atoms with E-state index in [1.54, 1.807) is 0 Å². The number of rotatable bonds is 3. The van der Waals surface area contributed by atoms with Gasteiger partial charge in [-0.1, -0.05) is 6.42 Å². The minimum atomic E-state index is 0.341. The molecule has 94 valence electrons. The first-order valence-electron chi connectivity index (χ1n) is 6.87. The highest BCUT2D eigenvalue weighted by Crippen LogP contribution is 2.16. The van der Waals surface area contributed by atoms with Gasteiger partial charge in [-0.05, 0) is 39.8 Å². The van der Waals surface area contributed by atoms with Crippen molar-refractivity contribution in [3.63, 3.8) is 0 Å². The minimum absolute atomic E-state index is 0.341. The van der Waals surface area contributed by atoms with E-state index in [4.69, 9.17) is 0 Å². The standard InChI is InChI=1S/C13H27N3/c1-13(2)12-14-6-9-16(13)11-10-15-7-4-3-5-8-15/h14H,3-12H2,1-2H3. The van der Waals surface area contributed by atoms with Crippen LogP contribution in [-0.4, -0.2) is 61.2 Å². The second-order valence-electron chi connectivity index (χ2n) is 5.88. The van der Waals surface area contributed by atoms with Crippen LogP contribution in [0.4, 0.5) is 0 Å². The monoisotopic (exact) mass is 225 g/mol. The van der Waals surface area contributed by atoms with Gasteiger partial charge in [-0.3, -0.25) is 4.90 Å². The van der Waals surface area contributed by atoms with Crippen LogP contribution in [0.25, 0.3) is 0 Å². The SMILES string of the molecule is CC1(C)CNCCN1CCN1CCCCC1. The number of hydrogen-bond donors (Lipinski definition) is 1. The lowest BCUT2D eigenvalue weighted by atomic mass is 10.0. The highest BCUT2D eigenvalue weighted by molar-refractivity contribution is 4.88. The van der Waals surface area contributed by atoms with Crippen LogP contribution in [-0.2, 0) is 0 Å². The summed E-state index contributed by atoms with van der Waals surface area (Å²) in [6.07, 6.45) is 4.26. The van der Waals surface area contributed by atoms with Crippen molar-refractivity contribution < 1.29 is 0 Å². The lowest BCUT2D eigenvalue weighted by Crippen LogP contribution is -2.59. The molecule has 0 spiro atoms. The predicted octanol–water partition coefficient (Wildman–Crippen LogP) is 1.16. The maximum Gasteiger partial charge on any atom is 0.0278 e. The molecule has 0 radical (unpaired) electrons. The van der Waals surface area contributed by atoms with Crippen LogP contribution in [0.2, 0.25) is 0 Å². The Hall–Kier alpha value is -0.120. The van der Waals surface area contributed by atoms with E-state index < -0.39 is 0 Å². The predicted molar refractivity (Wildman–Crippen MR) is 68.8 cm³/mol. The van der Waals surface area contributed by atoms with Gasteiger partial charge in [-0.25, -0.2) is 0 Å². The molecule has 2 fully saturated rings. The number of hydrogen-bond acceptors (Lipinski definition) is 3. The van der Waals surface area contributed by atoms with Crippen LogP contribution in [0, 0.1) is 0 Å². The third-order valence-corrected chi connectivity index (χ3v) is 4.11.